The molecular formula is C16H23N3O3S. The molecule has 1 aromatic carbocycles. The standard InChI is InChI=1S/C16H23N3O3S/c1-6-19(7-2)14-8-9-15(11(3)10-14)18-23(20,21)16-12(4)17-22-13(16)5/h8-10,18H,6-7H2,1-5H3. The Bertz CT molecular complexity index is 773. The number of hydrogen-bond acceptors (Lipinski definition) is 5. The maximum Gasteiger partial charge on any atom is 0.267 e. The highest BCUT2D eigenvalue weighted by atomic mass is 32.2. The van der Waals surface area contributed by atoms with Crippen LogP contribution in [-0.2, 0) is 10.0 Å². The molecule has 0 spiro atoms. The summed E-state index contributed by atoms with van der Waals surface area (Å²) in [6.45, 7) is 11.1. The lowest BCUT2D eigenvalue weighted by atomic mass is 10.1. The van der Waals surface area contributed by atoms with Gasteiger partial charge in [0.1, 0.15) is 5.69 Å². The van der Waals surface area contributed by atoms with Crippen molar-refractivity contribution >= 4 is 21.4 Å². The van der Waals surface area contributed by atoms with Crippen molar-refractivity contribution in [3.05, 3.63) is 35.2 Å². The summed E-state index contributed by atoms with van der Waals surface area (Å²) in [7, 11) is -3.72. The summed E-state index contributed by atoms with van der Waals surface area (Å²) in [6.07, 6.45) is 0. The Kier molecular flexibility index (Phi) is 4.99. The SMILES string of the molecule is CCN(CC)c1ccc(NS(=O)(=O)c2c(C)noc2C)c(C)c1. The van der Waals surface area contributed by atoms with Crippen molar-refractivity contribution < 1.29 is 12.9 Å². The van der Waals surface area contributed by atoms with Gasteiger partial charge in [-0.1, -0.05) is 5.16 Å². The fraction of sp³-hybridized carbons (Fsp3) is 0.438. The Morgan fingerprint density at radius 3 is 2.30 bits per heavy atom. The smallest absolute Gasteiger partial charge is 0.267 e. The number of aryl methyl sites for hydroxylation is 3. The van der Waals surface area contributed by atoms with Crippen molar-refractivity contribution in [2.24, 2.45) is 0 Å². The van der Waals surface area contributed by atoms with Crippen LogP contribution in [-0.4, -0.2) is 26.7 Å². The first-order chi connectivity index (χ1) is 10.8. The Hall–Kier alpha value is -2.02. The minimum Gasteiger partial charge on any atom is -0.372 e. The summed E-state index contributed by atoms with van der Waals surface area (Å²) >= 11 is 0. The molecule has 2 aromatic rings. The van der Waals surface area contributed by atoms with Gasteiger partial charge in [0.05, 0.1) is 5.69 Å². The van der Waals surface area contributed by atoms with E-state index in [1.54, 1.807) is 19.9 Å². The Labute approximate surface area is 137 Å². The molecule has 0 amide bonds. The monoisotopic (exact) mass is 337 g/mol. The van der Waals surface area contributed by atoms with E-state index in [4.69, 9.17) is 4.52 Å². The third-order valence-corrected chi connectivity index (χ3v) is 5.43. The molecule has 1 N–H and O–H groups in total. The molecule has 0 unspecified atom stereocenters. The minimum atomic E-state index is -3.72. The molecule has 2 rings (SSSR count). The quantitative estimate of drug-likeness (QED) is 0.876. The van der Waals surface area contributed by atoms with Crippen LogP contribution in [0.1, 0.15) is 30.9 Å². The number of anilines is 2. The number of sulfonamides is 1. The lowest BCUT2D eigenvalue weighted by molar-refractivity contribution is 0.390. The van der Waals surface area contributed by atoms with Gasteiger partial charge in [0.2, 0.25) is 0 Å². The molecule has 0 aliphatic carbocycles. The molecule has 126 valence electrons. The largest absolute Gasteiger partial charge is 0.372 e. The van der Waals surface area contributed by atoms with Crippen molar-refractivity contribution in [2.45, 2.75) is 39.5 Å². The fourth-order valence-corrected chi connectivity index (χ4v) is 4.06. The number of hydrogen-bond donors (Lipinski definition) is 1. The van der Waals surface area contributed by atoms with Crippen molar-refractivity contribution in [1.29, 1.82) is 0 Å². The van der Waals surface area contributed by atoms with Gasteiger partial charge < -0.3 is 9.42 Å². The van der Waals surface area contributed by atoms with E-state index in [2.05, 4.69) is 28.6 Å². The third-order valence-electron chi connectivity index (χ3n) is 3.82. The van der Waals surface area contributed by atoms with Gasteiger partial charge in [-0.25, -0.2) is 8.42 Å². The second kappa shape index (κ2) is 6.62. The van der Waals surface area contributed by atoms with E-state index < -0.39 is 10.0 Å². The topological polar surface area (TPSA) is 75.4 Å². The normalized spacial score (nSPS) is 11.5. The summed E-state index contributed by atoms with van der Waals surface area (Å²) < 4.78 is 32.7. The first kappa shape index (κ1) is 17.3. The van der Waals surface area contributed by atoms with Crippen LogP contribution in [0.25, 0.3) is 0 Å². The molecule has 0 aliphatic heterocycles. The molecule has 0 saturated carbocycles. The maximum atomic E-state index is 12.6. The van der Waals surface area contributed by atoms with Gasteiger partial charge in [-0.3, -0.25) is 4.72 Å². The molecule has 0 saturated heterocycles. The predicted octanol–water partition coefficient (Wildman–Crippen LogP) is 3.25. The second-order valence-corrected chi connectivity index (χ2v) is 7.05. The fourth-order valence-electron chi connectivity index (χ4n) is 2.60. The van der Waals surface area contributed by atoms with Gasteiger partial charge >= 0.3 is 0 Å². The minimum absolute atomic E-state index is 0.102. The predicted molar refractivity (Wildman–Crippen MR) is 91.5 cm³/mol. The molecule has 0 bridgehead atoms. The molecule has 0 radical (unpaired) electrons. The highest BCUT2D eigenvalue weighted by Gasteiger charge is 2.24. The van der Waals surface area contributed by atoms with Gasteiger partial charge in [0.15, 0.2) is 10.7 Å². The van der Waals surface area contributed by atoms with Crippen LogP contribution in [0.3, 0.4) is 0 Å². The van der Waals surface area contributed by atoms with Gasteiger partial charge in [-0.05, 0) is 58.4 Å². The molecule has 6 nitrogen and oxygen atoms in total. The molecule has 1 aromatic heterocycles. The Morgan fingerprint density at radius 2 is 1.83 bits per heavy atom. The number of benzene rings is 1. The average Bonchev–Trinajstić information content (AvgIpc) is 2.83. The van der Waals surface area contributed by atoms with Gasteiger partial charge in [0.25, 0.3) is 10.0 Å². The van der Waals surface area contributed by atoms with Crippen molar-refractivity contribution in [3.8, 4) is 0 Å². The summed E-state index contributed by atoms with van der Waals surface area (Å²) in [4.78, 5) is 2.31. The summed E-state index contributed by atoms with van der Waals surface area (Å²) in [5, 5.41) is 3.71. The first-order valence-electron chi connectivity index (χ1n) is 7.61. The van der Waals surface area contributed by atoms with Gasteiger partial charge in [0, 0.05) is 18.8 Å². The van der Waals surface area contributed by atoms with Gasteiger partial charge in [-0.2, -0.15) is 0 Å². The van der Waals surface area contributed by atoms with E-state index in [9.17, 15) is 8.42 Å². The zero-order valence-corrected chi connectivity index (χ0v) is 15.0. The summed E-state index contributed by atoms with van der Waals surface area (Å²) in [5.41, 5.74) is 2.85. The number of rotatable bonds is 6. The molecule has 7 heteroatoms. The Balaban J connectivity index is 2.34. The van der Waals surface area contributed by atoms with Crippen LogP contribution in [0, 0.1) is 20.8 Å². The number of aromatic nitrogens is 1. The lowest BCUT2D eigenvalue weighted by Crippen LogP contribution is -2.22. The first-order valence-corrected chi connectivity index (χ1v) is 9.09. The lowest BCUT2D eigenvalue weighted by Gasteiger charge is -2.22. The highest BCUT2D eigenvalue weighted by Crippen LogP contribution is 2.27. The Morgan fingerprint density at radius 1 is 1.17 bits per heavy atom. The molecule has 0 atom stereocenters. The highest BCUT2D eigenvalue weighted by molar-refractivity contribution is 7.92. The van der Waals surface area contributed by atoms with Crippen LogP contribution in [0.5, 0.6) is 0 Å². The van der Waals surface area contributed by atoms with E-state index in [1.165, 1.54) is 0 Å². The van der Waals surface area contributed by atoms with E-state index in [0.29, 0.717) is 11.4 Å². The summed E-state index contributed by atoms with van der Waals surface area (Å²) in [5.74, 6) is 0.285. The second-order valence-electron chi connectivity index (χ2n) is 5.43. The molecular weight excluding hydrogens is 314 g/mol. The van der Waals surface area contributed by atoms with E-state index >= 15 is 0 Å². The summed E-state index contributed by atoms with van der Waals surface area (Å²) in [6, 6.07) is 5.70. The van der Waals surface area contributed by atoms with E-state index in [-0.39, 0.29) is 10.7 Å². The van der Waals surface area contributed by atoms with Crippen molar-refractivity contribution in [3.63, 3.8) is 0 Å². The van der Waals surface area contributed by atoms with Crippen LogP contribution >= 0.6 is 0 Å². The zero-order valence-electron chi connectivity index (χ0n) is 14.2. The number of nitrogens with zero attached hydrogens (tertiary/aromatic N) is 2. The average molecular weight is 337 g/mol. The van der Waals surface area contributed by atoms with Crippen LogP contribution in [0.15, 0.2) is 27.6 Å². The van der Waals surface area contributed by atoms with E-state index in [1.807, 2.05) is 19.1 Å². The molecule has 0 fully saturated rings. The van der Waals surface area contributed by atoms with Crippen LogP contribution in [0.4, 0.5) is 11.4 Å². The van der Waals surface area contributed by atoms with Crippen molar-refractivity contribution in [2.75, 3.05) is 22.7 Å². The maximum absolute atomic E-state index is 12.6. The van der Waals surface area contributed by atoms with Crippen LogP contribution < -0.4 is 9.62 Å². The van der Waals surface area contributed by atoms with E-state index in [0.717, 1.165) is 24.3 Å². The molecule has 23 heavy (non-hydrogen) atoms. The third kappa shape index (κ3) is 3.50. The van der Waals surface area contributed by atoms with Crippen molar-refractivity contribution in [1.82, 2.24) is 5.16 Å². The molecule has 1 heterocycles. The zero-order chi connectivity index (χ0) is 17.2. The van der Waals surface area contributed by atoms with Crippen LogP contribution in [0.2, 0.25) is 0 Å². The number of nitrogens with one attached hydrogen (secondary N) is 1. The van der Waals surface area contributed by atoms with Gasteiger partial charge in [-0.15, -0.1) is 0 Å². The molecule has 0 aliphatic rings.